The molecule has 6 heteroatoms. The van der Waals surface area contributed by atoms with Gasteiger partial charge >= 0.3 is 0 Å². The highest BCUT2D eigenvalue weighted by molar-refractivity contribution is 7.99. The molecule has 0 spiro atoms. The van der Waals surface area contributed by atoms with Gasteiger partial charge < -0.3 is 9.88 Å². The van der Waals surface area contributed by atoms with Gasteiger partial charge in [0, 0.05) is 6.04 Å². The third kappa shape index (κ3) is 4.92. The number of aromatic nitrogens is 3. The topological polar surface area (TPSA) is 59.8 Å². The van der Waals surface area contributed by atoms with E-state index in [1.165, 1.54) is 55.0 Å². The van der Waals surface area contributed by atoms with Crippen LogP contribution in [-0.2, 0) is 4.79 Å². The Labute approximate surface area is 166 Å². The quantitative estimate of drug-likeness (QED) is 0.733. The predicted octanol–water partition coefficient (Wildman–Crippen LogP) is 4.68. The number of benzene rings is 1. The Hall–Kier alpha value is -1.82. The summed E-state index contributed by atoms with van der Waals surface area (Å²) < 4.78 is 2.24. The first-order valence-electron chi connectivity index (χ1n) is 9.86. The minimum absolute atomic E-state index is 0.00431. The number of carbonyl (C=O) groups is 1. The zero-order chi connectivity index (χ0) is 19.4. The van der Waals surface area contributed by atoms with Crippen LogP contribution >= 0.6 is 11.8 Å². The Balaban J connectivity index is 1.58. The fourth-order valence-corrected chi connectivity index (χ4v) is 4.60. The lowest BCUT2D eigenvalue weighted by atomic mass is 9.95. The largest absolute Gasteiger partial charge is 0.349 e. The van der Waals surface area contributed by atoms with Gasteiger partial charge in [0.05, 0.1) is 11.8 Å². The monoisotopic (exact) mass is 386 g/mol. The number of rotatable bonds is 6. The van der Waals surface area contributed by atoms with Crippen molar-refractivity contribution in [3.63, 3.8) is 0 Å². The lowest BCUT2D eigenvalue weighted by Crippen LogP contribution is -2.28. The van der Waals surface area contributed by atoms with Crippen LogP contribution in [0.3, 0.4) is 0 Å². The SMILES string of the molecule is Cc1ccc(C(C)NC(=O)CSc2nnc(C)n2C2CCCCC2)cc1C. The first-order chi connectivity index (χ1) is 13.0. The minimum Gasteiger partial charge on any atom is -0.349 e. The zero-order valence-corrected chi connectivity index (χ0v) is 17.6. The molecule has 1 heterocycles. The molecule has 27 heavy (non-hydrogen) atoms. The molecule has 146 valence electrons. The number of thioether (sulfide) groups is 1. The van der Waals surface area contributed by atoms with Gasteiger partial charge in [-0.3, -0.25) is 4.79 Å². The average Bonchev–Trinajstić information content (AvgIpc) is 3.03. The molecule has 3 rings (SSSR count). The predicted molar refractivity (Wildman–Crippen MR) is 110 cm³/mol. The number of hydrogen-bond donors (Lipinski definition) is 1. The van der Waals surface area contributed by atoms with Crippen LogP contribution in [-0.4, -0.2) is 26.4 Å². The normalized spacial score (nSPS) is 16.3. The smallest absolute Gasteiger partial charge is 0.230 e. The van der Waals surface area contributed by atoms with Gasteiger partial charge in [0.2, 0.25) is 5.91 Å². The van der Waals surface area contributed by atoms with Gasteiger partial charge in [0.25, 0.3) is 0 Å². The van der Waals surface area contributed by atoms with Crippen LogP contribution in [0.1, 0.15) is 73.6 Å². The molecule has 1 aromatic heterocycles. The summed E-state index contributed by atoms with van der Waals surface area (Å²) in [5, 5.41) is 12.5. The van der Waals surface area contributed by atoms with Gasteiger partial charge in [-0.15, -0.1) is 10.2 Å². The first kappa shape index (κ1) is 19.9. The summed E-state index contributed by atoms with van der Waals surface area (Å²) in [6, 6.07) is 6.82. The maximum absolute atomic E-state index is 12.5. The number of amides is 1. The zero-order valence-electron chi connectivity index (χ0n) is 16.8. The summed E-state index contributed by atoms with van der Waals surface area (Å²) in [6.45, 7) is 8.24. The van der Waals surface area contributed by atoms with Gasteiger partial charge in [0.1, 0.15) is 5.82 Å². The van der Waals surface area contributed by atoms with Crippen LogP contribution in [0, 0.1) is 20.8 Å². The first-order valence-corrected chi connectivity index (χ1v) is 10.8. The highest BCUT2D eigenvalue weighted by Gasteiger charge is 2.22. The number of nitrogens with one attached hydrogen (secondary N) is 1. The van der Waals surface area contributed by atoms with Crippen molar-refractivity contribution in [1.82, 2.24) is 20.1 Å². The molecule has 0 aliphatic heterocycles. The summed E-state index contributed by atoms with van der Waals surface area (Å²) >= 11 is 1.49. The van der Waals surface area contributed by atoms with Crippen molar-refractivity contribution in [1.29, 1.82) is 0 Å². The van der Waals surface area contributed by atoms with E-state index in [-0.39, 0.29) is 11.9 Å². The molecule has 1 unspecified atom stereocenters. The lowest BCUT2D eigenvalue weighted by molar-refractivity contribution is -0.119. The van der Waals surface area contributed by atoms with Gasteiger partial charge in [-0.1, -0.05) is 49.2 Å². The maximum atomic E-state index is 12.5. The summed E-state index contributed by atoms with van der Waals surface area (Å²) in [4.78, 5) is 12.5. The summed E-state index contributed by atoms with van der Waals surface area (Å²) in [5.41, 5.74) is 3.65. The fraction of sp³-hybridized carbons (Fsp3) is 0.571. The third-order valence-corrected chi connectivity index (χ3v) is 6.46. The van der Waals surface area contributed by atoms with E-state index < -0.39 is 0 Å². The summed E-state index contributed by atoms with van der Waals surface area (Å²) in [6.07, 6.45) is 6.21. The van der Waals surface area contributed by atoms with Crippen LogP contribution in [0.2, 0.25) is 0 Å². The molecule has 1 aromatic carbocycles. The molecule has 1 saturated carbocycles. The molecule has 0 saturated heterocycles. The Morgan fingerprint density at radius 2 is 1.93 bits per heavy atom. The molecule has 1 N–H and O–H groups in total. The lowest BCUT2D eigenvalue weighted by Gasteiger charge is -2.25. The standard InChI is InChI=1S/C21H30N4OS/c1-14-10-11-18(12-15(14)2)16(3)22-20(26)13-27-21-24-23-17(4)25(21)19-8-6-5-7-9-19/h10-12,16,19H,5-9,13H2,1-4H3,(H,22,26). The molecule has 2 aromatic rings. The molecule has 5 nitrogen and oxygen atoms in total. The number of aryl methyl sites for hydroxylation is 3. The summed E-state index contributed by atoms with van der Waals surface area (Å²) in [5.74, 6) is 1.34. The Morgan fingerprint density at radius 3 is 2.63 bits per heavy atom. The van der Waals surface area contributed by atoms with Crippen LogP contribution in [0.4, 0.5) is 0 Å². The van der Waals surface area contributed by atoms with E-state index in [1.54, 1.807) is 0 Å². The van der Waals surface area contributed by atoms with E-state index in [2.05, 4.69) is 52.1 Å². The highest BCUT2D eigenvalue weighted by Crippen LogP contribution is 2.32. The molecular formula is C21H30N4OS. The molecule has 1 amide bonds. The van der Waals surface area contributed by atoms with Crippen LogP contribution in [0.5, 0.6) is 0 Å². The third-order valence-electron chi connectivity index (χ3n) is 5.52. The molecule has 0 bridgehead atoms. The Morgan fingerprint density at radius 1 is 1.19 bits per heavy atom. The van der Waals surface area contributed by atoms with Gasteiger partial charge in [-0.05, 0) is 57.2 Å². The number of hydrogen-bond acceptors (Lipinski definition) is 4. The second-order valence-electron chi connectivity index (χ2n) is 7.61. The van der Waals surface area contributed by atoms with Gasteiger partial charge in [-0.2, -0.15) is 0 Å². The molecule has 1 atom stereocenters. The van der Waals surface area contributed by atoms with Crippen molar-refractivity contribution < 1.29 is 4.79 Å². The van der Waals surface area contributed by atoms with E-state index in [0.29, 0.717) is 11.8 Å². The molecule has 1 fully saturated rings. The highest BCUT2D eigenvalue weighted by atomic mass is 32.2. The maximum Gasteiger partial charge on any atom is 0.230 e. The Bertz CT molecular complexity index is 795. The molecule has 1 aliphatic rings. The van der Waals surface area contributed by atoms with Crippen molar-refractivity contribution in [2.45, 2.75) is 77.0 Å². The van der Waals surface area contributed by atoms with Gasteiger partial charge in [-0.25, -0.2) is 0 Å². The van der Waals surface area contributed by atoms with Crippen LogP contribution < -0.4 is 5.32 Å². The van der Waals surface area contributed by atoms with E-state index in [0.717, 1.165) is 16.5 Å². The minimum atomic E-state index is -0.00431. The van der Waals surface area contributed by atoms with Crippen molar-refractivity contribution in [3.05, 3.63) is 40.7 Å². The van der Waals surface area contributed by atoms with E-state index in [1.807, 2.05) is 13.8 Å². The van der Waals surface area contributed by atoms with E-state index >= 15 is 0 Å². The van der Waals surface area contributed by atoms with Crippen molar-refractivity contribution in [2.24, 2.45) is 0 Å². The second kappa shape index (κ2) is 8.91. The van der Waals surface area contributed by atoms with Crippen molar-refractivity contribution >= 4 is 17.7 Å². The molecule has 1 aliphatic carbocycles. The van der Waals surface area contributed by atoms with Crippen molar-refractivity contribution in [2.75, 3.05) is 5.75 Å². The van der Waals surface area contributed by atoms with Crippen molar-refractivity contribution in [3.8, 4) is 0 Å². The van der Waals surface area contributed by atoms with Crippen LogP contribution in [0.15, 0.2) is 23.4 Å². The second-order valence-corrected chi connectivity index (χ2v) is 8.56. The molecular weight excluding hydrogens is 356 g/mol. The van der Waals surface area contributed by atoms with E-state index in [9.17, 15) is 4.79 Å². The fourth-order valence-electron chi connectivity index (χ4n) is 3.74. The number of carbonyl (C=O) groups excluding carboxylic acids is 1. The Kier molecular flexibility index (Phi) is 6.58. The van der Waals surface area contributed by atoms with E-state index in [4.69, 9.17) is 0 Å². The number of nitrogens with zero attached hydrogens (tertiary/aromatic N) is 3. The summed E-state index contributed by atoms with van der Waals surface area (Å²) in [7, 11) is 0. The average molecular weight is 387 g/mol. The van der Waals surface area contributed by atoms with Crippen LogP contribution in [0.25, 0.3) is 0 Å². The molecule has 0 radical (unpaired) electrons. The van der Waals surface area contributed by atoms with Gasteiger partial charge in [0.15, 0.2) is 5.16 Å².